The van der Waals surface area contributed by atoms with Gasteiger partial charge in [0, 0.05) is 24.2 Å². The Morgan fingerprint density at radius 2 is 1.81 bits per heavy atom. The minimum Gasteiger partial charge on any atom is -0.383 e. The van der Waals surface area contributed by atoms with E-state index in [-0.39, 0.29) is 17.6 Å². The van der Waals surface area contributed by atoms with Crippen molar-refractivity contribution in [2.24, 2.45) is 0 Å². The summed E-state index contributed by atoms with van der Waals surface area (Å²) in [4.78, 5) is 25.3. The first-order valence-electron chi connectivity index (χ1n) is 9.01. The van der Waals surface area contributed by atoms with Crippen LogP contribution in [0.1, 0.15) is 29.3 Å². The molecule has 0 aliphatic heterocycles. The topological polar surface area (TPSA) is 67.4 Å². The average Bonchev–Trinajstić information content (AvgIpc) is 2.68. The Morgan fingerprint density at radius 1 is 1.07 bits per heavy atom. The van der Waals surface area contributed by atoms with Crippen molar-refractivity contribution in [1.82, 2.24) is 5.32 Å². The highest BCUT2D eigenvalue weighted by Crippen LogP contribution is 2.23. The molecule has 0 aliphatic carbocycles. The summed E-state index contributed by atoms with van der Waals surface area (Å²) in [6, 6.07) is 15.2. The van der Waals surface area contributed by atoms with Crippen LogP contribution in [0, 0.1) is 0 Å². The number of carbonyl (C=O) groups is 2. The van der Waals surface area contributed by atoms with Crippen LogP contribution in [0.2, 0.25) is 0 Å². The van der Waals surface area contributed by atoms with E-state index in [2.05, 4.69) is 17.6 Å². The summed E-state index contributed by atoms with van der Waals surface area (Å²) < 4.78 is 4.91. The van der Waals surface area contributed by atoms with Gasteiger partial charge < -0.3 is 15.4 Å². The molecule has 2 amide bonds. The third-order valence-electron chi connectivity index (χ3n) is 3.87. The molecular weight excluding hydrogens is 360 g/mol. The Bertz CT molecular complexity index is 747. The van der Waals surface area contributed by atoms with Gasteiger partial charge in [-0.3, -0.25) is 9.59 Å². The number of benzene rings is 2. The van der Waals surface area contributed by atoms with Gasteiger partial charge >= 0.3 is 0 Å². The van der Waals surface area contributed by atoms with Crippen LogP contribution in [-0.2, 0) is 16.0 Å². The Morgan fingerprint density at radius 3 is 2.52 bits per heavy atom. The largest absolute Gasteiger partial charge is 0.383 e. The number of thioether (sulfide) groups is 1. The number of nitrogens with one attached hydrogen (secondary N) is 2. The maximum absolute atomic E-state index is 12.7. The van der Waals surface area contributed by atoms with Gasteiger partial charge in [0.2, 0.25) is 5.91 Å². The monoisotopic (exact) mass is 386 g/mol. The number of aryl methyl sites for hydroxylation is 1. The van der Waals surface area contributed by atoms with Gasteiger partial charge in [-0.05, 0) is 36.2 Å². The fourth-order valence-electron chi connectivity index (χ4n) is 2.51. The predicted octanol–water partition coefficient (Wildman–Crippen LogP) is 3.75. The maximum atomic E-state index is 12.7. The van der Waals surface area contributed by atoms with E-state index in [0.717, 1.165) is 23.4 Å². The molecule has 0 saturated carbocycles. The van der Waals surface area contributed by atoms with Gasteiger partial charge in [-0.1, -0.05) is 37.6 Å². The smallest absolute Gasteiger partial charge is 0.256 e. The Balaban J connectivity index is 1.97. The highest BCUT2D eigenvalue weighted by molar-refractivity contribution is 8.00. The average molecular weight is 387 g/mol. The minimum absolute atomic E-state index is 0.0845. The second-order valence-corrected chi connectivity index (χ2v) is 7.05. The molecular formula is C21H26N2O3S. The molecule has 5 nitrogen and oxygen atoms in total. The van der Waals surface area contributed by atoms with Crippen molar-refractivity contribution in [3.63, 3.8) is 0 Å². The van der Waals surface area contributed by atoms with E-state index >= 15 is 0 Å². The van der Waals surface area contributed by atoms with Crippen molar-refractivity contribution in [3.05, 3.63) is 59.7 Å². The van der Waals surface area contributed by atoms with Crippen molar-refractivity contribution in [1.29, 1.82) is 0 Å². The van der Waals surface area contributed by atoms with Crippen LogP contribution in [0.4, 0.5) is 5.69 Å². The molecule has 0 spiro atoms. The van der Waals surface area contributed by atoms with E-state index in [4.69, 9.17) is 4.74 Å². The SMILES string of the molecule is CCCc1ccc(NC(=O)c2ccccc2SCC(=O)NCCOC)cc1. The molecule has 0 bridgehead atoms. The van der Waals surface area contributed by atoms with E-state index in [0.29, 0.717) is 18.7 Å². The lowest BCUT2D eigenvalue weighted by Crippen LogP contribution is -2.28. The molecule has 27 heavy (non-hydrogen) atoms. The zero-order valence-electron chi connectivity index (χ0n) is 15.8. The summed E-state index contributed by atoms with van der Waals surface area (Å²) in [6.45, 7) is 3.10. The molecule has 0 atom stereocenters. The lowest BCUT2D eigenvalue weighted by Gasteiger charge is -2.10. The van der Waals surface area contributed by atoms with Crippen molar-refractivity contribution in [3.8, 4) is 0 Å². The second-order valence-electron chi connectivity index (χ2n) is 6.03. The molecule has 0 aliphatic rings. The lowest BCUT2D eigenvalue weighted by atomic mass is 10.1. The molecule has 2 N–H and O–H groups in total. The summed E-state index contributed by atoms with van der Waals surface area (Å²) in [5.41, 5.74) is 2.58. The highest BCUT2D eigenvalue weighted by atomic mass is 32.2. The van der Waals surface area contributed by atoms with E-state index in [1.54, 1.807) is 13.2 Å². The van der Waals surface area contributed by atoms with Crippen molar-refractivity contribution in [2.75, 3.05) is 31.3 Å². The highest BCUT2D eigenvalue weighted by Gasteiger charge is 2.13. The molecule has 2 rings (SSSR count). The molecule has 0 aromatic heterocycles. The van der Waals surface area contributed by atoms with Crippen molar-refractivity contribution in [2.45, 2.75) is 24.7 Å². The maximum Gasteiger partial charge on any atom is 0.256 e. The van der Waals surface area contributed by atoms with E-state index in [1.807, 2.05) is 42.5 Å². The van der Waals surface area contributed by atoms with E-state index < -0.39 is 0 Å². The number of carbonyl (C=O) groups excluding carboxylic acids is 2. The number of methoxy groups -OCH3 is 1. The first kappa shape index (κ1) is 21.0. The van der Waals surface area contributed by atoms with Crippen LogP contribution >= 0.6 is 11.8 Å². The molecule has 6 heteroatoms. The number of anilines is 1. The summed E-state index contributed by atoms with van der Waals surface area (Å²) in [5, 5.41) is 5.70. The molecule has 0 heterocycles. The molecule has 2 aromatic carbocycles. The van der Waals surface area contributed by atoms with Gasteiger partial charge in [-0.2, -0.15) is 0 Å². The number of rotatable bonds is 10. The van der Waals surface area contributed by atoms with Crippen LogP contribution in [0.3, 0.4) is 0 Å². The number of hydrogen-bond donors (Lipinski definition) is 2. The van der Waals surface area contributed by atoms with Crippen LogP contribution in [0.25, 0.3) is 0 Å². The molecule has 0 fully saturated rings. The number of ether oxygens (including phenoxy) is 1. The van der Waals surface area contributed by atoms with Gasteiger partial charge in [0.1, 0.15) is 0 Å². The number of hydrogen-bond acceptors (Lipinski definition) is 4. The molecule has 144 valence electrons. The summed E-state index contributed by atoms with van der Waals surface area (Å²) >= 11 is 1.35. The van der Waals surface area contributed by atoms with Crippen LogP contribution < -0.4 is 10.6 Å². The van der Waals surface area contributed by atoms with Gasteiger partial charge in [0.15, 0.2) is 0 Å². The minimum atomic E-state index is -0.180. The fraction of sp³-hybridized carbons (Fsp3) is 0.333. The quantitative estimate of drug-likeness (QED) is 0.482. The first-order chi connectivity index (χ1) is 13.1. The third kappa shape index (κ3) is 7.07. The summed E-state index contributed by atoms with van der Waals surface area (Å²) in [7, 11) is 1.59. The lowest BCUT2D eigenvalue weighted by molar-refractivity contribution is -0.118. The molecule has 0 saturated heterocycles. The zero-order valence-corrected chi connectivity index (χ0v) is 16.6. The van der Waals surface area contributed by atoms with Gasteiger partial charge in [0.25, 0.3) is 5.91 Å². The van der Waals surface area contributed by atoms with Crippen LogP contribution in [-0.4, -0.2) is 37.8 Å². The summed E-state index contributed by atoms with van der Waals surface area (Å²) in [6.07, 6.45) is 2.12. The van der Waals surface area contributed by atoms with Gasteiger partial charge in [-0.25, -0.2) is 0 Å². The Kier molecular flexibility index (Phi) is 8.87. The Labute approximate surface area is 164 Å². The van der Waals surface area contributed by atoms with E-state index in [9.17, 15) is 9.59 Å². The molecule has 2 aromatic rings. The number of amides is 2. The molecule has 0 unspecified atom stereocenters. The van der Waals surface area contributed by atoms with Crippen LogP contribution in [0.5, 0.6) is 0 Å². The zero-order chi connectivity index (χ0) is 19.5. The van der Waals surface area contributed by atoms with Gasteiger partial charge in [-0.15, -0.1) is 11.8 Å². The first-order valence-corrected chi connectivity index (χ1v) is 10.0. The normalized spacial score (nSPS) is 10.4. The van der Waals surface area contributed by atoms with E-state index in [1.165, 1.54) is 17.3 Å². The Hall–Kier alpha value is -2.31. The van der Waals surface area contributed by atoms with Crippen molar-refractivity contribution >= 4 is 29.3 Å². The standard InChI is InChI=1S/C21H26N2O3S/c1-3-6-16-9-11-17(12-10-16)23-21(25)18-7-4-5-8-19(18)27-15-20(24)22-13-14-26-2/h4-5,7-12H,3,6,13-15H2,1-2H3,(H,22,24)(H,23,25). The molecule has 0 radical (unpaired) electrons. The third-order valence-corrected chi connectivity index (χ3v) is 4.94. The van der Waals surface area contributed by atoms with Crippen molar-refractivity contribution < 1.29 is 14.3 Å². The fourth-order valence-corrected chi connectivity index (χ4v) is 3.39. The van der Waals surface area contributed by atoms with Crippen LogP contribution in [0.15, 0.2) is 53.4 Å². The van der Waals surface area contributed by atoms with Gasteiger partial charge in [0.05, 0.1) is 17.9 Å². The summed E-state index contributed by atoms with van der Waals surface area (Å²) in [5.74, 6) is -0.0143. The predicted molar refractivity (Wildman–Crippen MR) is 110 cm³/mol. The second kappa shape index (κ2) is 11.4.